The fourth-order valence-corrected chi connectivity index (χ4v) is 2.03. The summed E-state index contributed by atoms with van der Waals surface area (Å²) in [4.78, 5) is 0. The number of nitrogens with two attached hydrogens (primary N) is 1. The molecule has 0 bridgehead atoms. The first-order valence-electron chi connectivity index (χ1n) is 6.80. The van der Waals surface area contributed by atoms with Gasteiger partial charge in [-0.1, -0.05) is 29.8 Å². The van der Waals surface area contributed by atoms with E-state index in [0.717, 1.165) is 28.4 Å². The van der Waals surface area contributed by atoms with E-state index < -0.39 is 0 Å². The molecule has 4 nitrogen and oxygen atoms in total. The first-order chi connectivity index (χ1) is 10.2. The number of hydrogen-bond acceptors (Lipinski definition) is 3. The Balaban J connectivity index is 1.67. The number of aromatic nitrogens is 2. The van der Waals surface area contributed by atoms with Gasteiger partial charge in [0.1, 0.15) is 12.4 Å². The molecule has 0 atom stereocenters. The van der Waals surface area contributed by atoms with Crippen molar-refractivity contribution >= 4 is 5.69 Å². The summed E-state index contributed by atoms with van der Waals surface area (Å²) in [5.74, 6) is 0.851. The van der Waals surface area contributed by atoms with Gasteiger partial charge in [0.05, 0.1) is 11.4 Å². The number of aromatic amines is 1. The third-order valence-electron chi connectivity index (χ3n) is 3.25. The van der Waals surface area contributed by atoms with Gasteiger partial charge < -0.3 is 10.5 Å². The third kappa shape index (κ3) is 3.23. The zero-order valence-corrected chi connectivity index (χ0v) is 11.8. The highest BCUT2D eigenvalue weighted by Crippen LogP contribution is 2.20. The standard InChI is InChI=1S/C17H17N3O/c1-12-2-8-16(9-3-12)21-11-15-10-17(20-19-15)13-4-6-14(18)7-5-13/h2-10H,11,18H2,1H3,(H,19,20). The fraction of sp³-hybridized carbons (Fsp3) is 0.118. The number of ether oxygens (including phenoxy) is 1. The minimum absolute atomic E-state index is 0.463. The van der Waals surface area contributed by atoms with E-state index in [-0.39, 0.29) is 0 Å². The van der Waals surface area contributed by atoms with Crippen LogP contribution in [0.25, 0.3) is 11.3 Å². The van der Waals surface area contributed by atoms with Crippen LogP contribution < -0.4 is 10.5 Å². The molecule has 3 aromatic rings. The van der Waals surface area contributed by atoms with Crippen molar-refractivity contribution in [2.45, 2.75) is 13.5 Å². The number of nitrogen functional groups attached to an aromatic ring is 1. The van der Waals surface area contributed by atoms with E-state index in [1.54, 1.807) is 0 Å². The normalized spacial score (nSPS) is 10.5. The highest BCUT2D eigenvalue weighted by atomic mass is 16.5. The van der Waals surface area contributed by atoms with Crippen molar-refractivity contribution in [2.75, 3.05) is 5.73 Å². The Morgan fingerprint density at radius 3 is 2.48 bits per heavy atom. The van der Waals surface area contributed by atoms with Crippen LogP contribution in [0.3, 0.4) is 0 Å². The van der Waals surface area contributed by atoms with Crippen LogP contribution in [0.4, 0.5) is 5.69 Å². The minimum Gasteiger partial charge on any atom is -0.487 e. The molecule has 2 aromatic carbocycles. The second kappa shape index (κ2) is 5.71. The topological polar surface area (TPSA) is 63.9 Å². The van der Waals surface area contributed by atoms with Crippen molar-refractivity contribution in [3.8, 4) is 17.0 Å². The lowest BCUT2D eigenvalue weighted by Crippen LogP contribution is -1.95. The molecule has 0 aliphatic carbocycles. The van der Waals surface area contributed by atoms with Gasteiger partial charge in [-0.15, -0.1) is 0 Å². The molecule has 0 radical (unpaired) electrons. The monoisotopic (exact) mass is 279 g/mol. The van der Waals surface area contributed by atoms with Gasteiger partial charge in [-0.05, 0) is 37.3 Å². The lowest BCUT2D eigenvalue weighted by atomic mass is 10.1. The Kier molecular flexibility index (Phi) is 3.60. The Labute approximate surface area is 123 Å². The van der Waals surface area contributed by atoms with Crippen LogP contribution in [0.5, 0.6) is 5.75 Å². The van der Waals surface area contributed by atoms with Gasteiger partial charge in [-0.3, -0.25) is 5.10 Å². The second-order valence-corrected chi connectivity index (χ2v) is 5.00. The zero-order chi connectivity index (χ0) is 14.7. The molecular weight excluding hydrogens is 262 g/mol. The minimum atomic E-state index is 0.463. The van der Waals surface area contributed by atoms with Crippen LogP contribution in [0.15, 0.2) is 54.6 Å². The number of hydrogen-bond donors (Lipinski definition) is 2. The Morgan fingerprint density at radius 1 is 1.05 bits per heavy atom. The van der Waals surface area contributed by atoms with E-state index in [0.29, 0.717) is 6.61 Å². The summed E-state index contributed by atoms with van der Waals surface area (Å²) in [6.07, 6.45) is 0. The summed E-state index contributed by atoms with van der Waals surface area (Å²) in [5, 5.41) is 7.29. The molecular formula is C17H17N3O. The molecule has 3 N–H and O–H groups in total. The van der Waals surface area contributed by atoms with Crippen molar-refractivity contribution in [3.05, 3.63) is 65.9 Å². The number of nitrogens with one attached hydrogen (secondary N) is 1. The summed E-state index contributed by atoms with van der Waals surface area (Å²) in [6.45, 7) is 2.52. The molecule has 3 rings (SSSR count). The van der Waals surface area contributed by atoms with Crippen LogP contribution in [0.1, 0.15) is 11.3 Å². The van der Waals surface area contributed by atoms with Crippen molar-refractivity contribution in [2.24, 2.45) is 0 Å². The van der Waals surface area contributed by atoms with E-state index >= 15 is 0 Å². The largest absolute Gasteiger partial charge is 0.487 e. The summed E-state index contributed by atoms with van der Waals surface area (Å²) >= 11 is 0. The summed E-state index contributed by atoms with van der Waals surface area (Å²) < 4.78 is 5.72. The number of aryl methyl sites for hydroxylation is 1. The molecule has 0 saturated heterocycles. The summed E-state index contributed by atoms with van der Waals surface area (Å²) in [5.41, 5.74) is 10.5. The van der Waals surface area contributed by atoms with Gasteiger partial charge in [0.15, 0.2) is 0 Å². The highest BCUT2D eigenvalue weighted by Gasteiger charge is 2.04. The maximum atomic E-state index is 5.72. The van der Waals surface area contributed by atoms with Crippen LogP contribution in [-0.2, 0) is 6.61 Å². The maximum Gasteiger partial charge on any atom is 0.130 e. The van der Waals surface area contributed by atoms with E-state index in [1.807, 2.05) is 54.6 Å². The van der Waals surface area contributed by atoms with Gasteiger partial charge in [0.2, 0.25) is 0 Å². The van der Waals surface area contributed by atoms with E-state index in [2.05, 4.69) is 17.1 Å². The molecule has 4 heteroatoms. The Bertz CT molecular complexity index is 715. The Hall–Kier alpha value is -2.75. The molecule has 0 spiro atoms. The fourth-order valence-electron chi connectivity index (χ4n) is 2.03. The Morgan fingerprint density at radius 2 is 1.76 bits per heavy atom. The maximum absolute atomic E-state index is 5.72. The highest BCUT2D eigenvalue weighted by molar-refractivity contribution is 5.61. The van der Waals surface area contributed by atoms with Crippen LogP contribution in [0.2, 0.25) is 0 Å². The number of H-pyrrole nitrogens is 1. The van der Waals surface area contributed by atoms with Gasteiger partial charge in [-0.25, -0.2) is 0 Å². The number of rotatable bonds is 4. The van der Waals surface area contributed by atoms with Crippen LogP contribution in [-0.4, -0.2) is 10.2 Å². The lowest BCUT2D eigenvalue weighted by molar-refractivity contribution is 0.301. The molecule has 0 aliphatic rings. The van der Waals surface area contributed by atoms with Gasteiger partial charge in [-0.2, -0.15) is 5.10 Å². The van der Waals surface area contributed by atoms with Crippen molar-refractivity contribution in [1.29, 1.82) is 0 Å². The van der Waals surface area contributed by atoms with Crippen molar-refractivity contribution in [1.82, 2.24) is 10.2 Å². The summed E-state index contributed by atoms with van der Waals surface area (Å²) in [7, 11) is 0. The molecule has 0 unspecified atom stereocenters. The quantitative estimate of drug-likeness (QED) is 0.718. The number of nitrogens with zero attached hydrogens (tertiary/aromatic N) is 1. The molecule has 0 fully saturated rings. The van der Waals surface area contributed by atoms with Crippen molar-refractivity contribution in [3.63, 3.8) is 0 Å². The predicted octanol–water partition coefficient (Wildman–Crippen LogP) is 3.55. The average Bonchev–Trinajstić information content (AvgIpc) is 2.96. The molecule has 0 aliphatic heterocycles. The van der Waals surface area contributed by atoms with Gasteiger partial charge >= 0.3 is 0 Å². The molecule has 0 saturated carbocycles. The predicted molar refractivity (Wildman–Crippen MR) is 83.9 cm³/mol. The van der Waals surface area contributed by atoms with E-state index in [4.69, 9.17) is 10.5 Å². The lowest BCUT2D eigenvalue weighted by Gasteiger charge is -2.04. The first-order valence-corrected chi connectivity index (χ1v) is 6.80. The molecule has 0 amide bonds. The van der Waals surface area contributed by atoms with Gasteiger partial charge in [0, 0.05) is 11.3 Å². The third-order valence-corrected chi connectivity index (χ3v) is 3.25. The van der Waals surface area contributed by atoms with E-state index in [9.17, 15) is 0 Å². The van der Waals surface area contributed by atoms with Crippen molar-refractivity contribution < 1.29 is 4.74 Å². The van der Waals surface area contributed by atoms with Crippen LogP contribution in [0, 0.1) is 6.92 Å². The second-order valence-electron chi connectivity index (χ2n) is 5.00. The van der Waals surface area contributed by atoms with Gasteiger partial charge in [0.25, 0.3) is 0 Å². The molecule has 21 heavy (non-hydrogen) atoms. The SMILES string of the molecule is Cc1ccc(OCc2cc(-c3ccc(N)cc3)n[nH]2)cc1. The zero-order valence-electron chi connectivity index (χ0n) is 11.8. The molecule has 106 valence electrons. The number of anilines is 1. The first kappa shape index (κ1) is 13.2. The molecule has 1 heterocycles. The molecule has 1 aromatic heterocycles. The smallest absolute Gasteiger partial charge is 0.130 e. The van der Waals surface area contributed by atoms with E-state index in [1.165, 1.54) is 5.56 Å². The average molecular weight is 279 g/mol. The van der Waals surface area contributed by atoms with Crippen LogP contribution >= 0.6 is 0 Å². The number of benzene rings is 2. The summed E-state index contributed by atoms with van der Waals surface area (Å²) in [6, 6.07) is 17.6.